The van der Waals surface area contributed by atoms with Crippen molar-refractivity contribution in [3.05, 3.63) is 141 Å². The topological polar surface area (TPSA) is 151 Å². The number of aromatic nitrogens is 8. The lowest BCUT2D eigenvalue weighted by Gasteiger charge is -2.11. The molecule has 56 heavy (non-hydrogen) atoms. The third-order valence-electron chi connectivity index (χ3n) is 8.39. The van der Waals surface area contributed by atoms with Crippen LogP contribution in [0.15, 0.2) is 119 Å². The SMILES string of the molecule is COc1c(Cl)cc(CNc2cc(-c3ccccc3)nc3c(Br)cnn23)c[n+]1O.COc1ccc(CNc2cc(-c3ccccc3F)nc3c(Br)cnn23)c[n+]1O. The molecule has 0 aliphatic carbocycles. The average molecular weight is 907 g/mol. The van der Waals surface area contributed by atoms with Crippen molar-refractivity contribution < 1.29 is 33.7 Å². The summed E-state index contributed by atoms with van der Waals surface area (Å²) in [7, 11) is 2.92. The fourth-order valence-corrected chi connectivity index (χ4v) is 6.73. The van der Waals surface area contributed by atoms with Crippen molar-refractivity contribution in [2.45, 2.75) is 13.1 Å². The number of hydrogen-bond donors (Lipinski definition) is 4. The molecule has 8 aromatic rings. The Kier molecular flexibility index (Phi) is 11.4. The van der Waals surface area contributed by atoms with E-state index in [1.807, 2.05) is 42.5 Å². The molecular formula is C38H32Br2ClFN10O4+2. The van der Waals surface area contributed by atoms with E-state index in [-0.39, 0.29) is 11.7 Å². The van der Waals surface area contributed by atoms with E-state index in [0.29, 0.717) is 56.8 Å². The van der Waals surface area contributed by atoms with Gasteiger partial charge in [-0.1, -0.05) is 54.1 Å². The van der Waals surface area contributed by atoms with Crippen LogP contribution in [0.3, 0.4) is 0 Å². The number of benzene rings is 2. The highest BCUT2D eigenvalue weighted by Gasteiger charge is 2.19. The lowest BCUT2D eigenvalue weighted by molar-refractivity contribution is -0.906. The van der Waals surface area contributed by atoms with Crippen molar-refractivity contribution in [2.24, 2.45) is 0 Å². The van der Waals surface area contributed by atoms with E-state index in [2.05, 4.69) is 57.7 Å². The van der Waals surface area contributed by atoms with Gasteiger partial charge in [-0.2, -0.15) is 19.2 Å². The number of anilines is 2. The molecule has 8 rings (SSSR count). The predicted octanol–water partition coefficient (Wildman–Crippen LogP) is 7.40. The monoisotopic (exact) mass is 904 g/mol. The van der Waals surface area contributed by atoms with Crippen LogP contribution in [0.25, 0.3) is 33.8 Å². The molecule has 2 aromatic carbocycles. The van der Waals surface area contributed by atoms with Crippen molar-refractivity contribution >= 4 is 66.4 Å². The highest BCUT2D eigenvalue weighted by Crippen LogP contribution is 2.29. The zero-order valence-corrected chi connectivity index (χ0v) is 33.5. The van der Waals surface area contributed by atoms with Crippen molar-refractivity contribution in [1.29, 1.82) is 0 Å². The summed E-state index contributed by atoms with van der Waals surface area (Å²) in [6.07, 6.45) is 6.41. The minimum absolute atomic E-state index is 0.180. The van der Waals surface area contributed by atoms with Gasteiger partial charge in [-0.15, -0.1) is 0 Å². The Morgan fingerprint density at radius 3 is 1.93 bits per heavy atom. The molecular weight excluding hydrogens is 875 g/mol. The second-order valence-electron chi connectivity index (χ2n) is 12.0. The summed E-state index contributed by atoms with van der Waals surface area (Å²) in [6, 6.07) is 25.3. The molecule has 0 aliphatic rings. The zero-order chi connectivity index (χ0) is 39.3. The second kappa shape index (κ2) is 16.8. The minimum atomic E-state index is -0.350. The Bertz CT molecular complexity index is 2660. The van der Waals surface area contributed by atoms with E-state index < -0.39 is 0 Å². The van der Waals surface area contributed by atoms with Gasteiger partial charge >= 0.3 is 11.8 Å². The molecule has 0 spiro atoms. The van der Waals surface area contributed by atoms with Crippen LogP contribution in [-0.2, 0) is 13.1 Å². The normalized spacial score (nSPS) is 11.0. The first-order valence-electron chi connectivity index (χ1n) is 16.7. The van der Waals surface area contributed by atoms with E-state index in [1.165, 1.54) is 26.5 Å². The summed E-state index contributed by atoms with van der Waals surface area (Å²) < 4.78 is 31.0. The van der Waals surface area contributed by atoms with Crippen LogP contribution in [0.4, 0.5) is 16.0 Å². The van der Waals surface area contributed by atoms with Gasteiger partial charge in [0.05, 0.1) is 53.0 Å². The summed E-state index contributed by atoms with van der Waals surface area (Å²) in [5.74, 6) is 1.55. The van der Waals surface area contributed by atoms with Crippen LogP contribution in [-0.4, -0.2) is 53.8 Å². The van der Waals surface area contributed by atoms with Gasteiger partial charge < -0.3 is 20.1 Å². The van der Waals surface area contributed by atoms with Crippen LogP contribution in [0.5, 0.6) is 11.8 Å². The maximum Gasteiger partial charge on any atom is 0.435 e. The summed E-state index contributed by atoms with van der Waals surface area (Å²) in [6.45, 7) is 0.812. The molecule has 6 aromatic heterocycles. The lowest BCUT2D eigenvalue weighted by atomic mass is 10.1. The molecule has 0 saturated carbocycles. The number of halogens is 4. The zero-order valence-electron chi connectivity index (χ0n) is 29.6. The predicted molar refractivity (Wildman–Crippen MR) is 213 cm³/mol. The number of rotatable bonds is 10. The summed E-state index contributed by atoms with van der Waals surface area (Å²) in [5, 5.41) is 35.5. The molecule has 18 heteroatoms. The van der Waals surface area contributed by atoms with Crippen LogP contribution < -0.4 is 29.6 Å². The number of nitrogens with one attached hydrogen (secondary N) is 2. The largest absolute Gasteiger partial charge is 0.445 e. The molecule has 0 aliphatic heterocycles. The quantitative estimate of drug-likeness (QED) is 0.0808. The summed E-state index contributed by atoms with van der Waals surface area (Å²) >= 11 is 13.1. The number of fused-ring (bicyclic) bond motifs is 2. The van der Waals surface area contributed by atoms with Crippen molar-refractivity contribution in [1.82, 2.24) is 29.2 Å². The molecule has 0 atom stereocenters. The molecule has 284 valence electrons. The Hall–Kier alpha value is -6.04. The lowest BCUT2D eigenvalue weighted by Crippen LogP contribution is -2.32. The fraction of sp³-hybridized carbons (Fsp3) is 0.105. The standard InChI is InChI=1S/C19H16BrClN5O2.C19H16BrFN5O2/c1-28-19-15(21)7-12(11-25(19)27)9-22-17-8-16(13-5-3-2-4-6-13)24-18-14(20)10-23-26(17)18;1-28-18-7-6-12(11-25(18)27)9-22-17-8-16(13-4-2-3-5-15(13)21)24-19-14(20)10-23-26(17)19/h2*2-8,10-11,22,27H,9H2,1H3/q2*+1. The molecule has 0 saturated heterocycles. The highest BCUT2D eigenvalue weighted by molar-refractivity contribution is 9.11. The maximum atomic E-state index is 14.3. The van der Waals surface area contributed by atoms with Crippen LogP contribution in [0.1, 0.15) is 11.1 Å². The molecule has 14 nitrogen and oxygen atoms in total. The third kappa shape index (κ3) is 8.14. The van der Waals surface area contributed by atoms with Gasteiger partial charge in [0.15, 0.2) is 16.3 Å². The Morgan fingerprint density at radius 1 is 0.732 bits per heavy atom. The van der Waals surface area contributed by atoms with Crippen molar-refractivity contribution in [3.8, 4) is 34.3 Å². The van der Waals surface area contributed by atoms with E-state index in [1.54, 1.807) is 64.0 Å². The highest BCUT2D eigenvalue weighted by atomic mass is 79.9. The minimum Gasteiger partial charge on any atom is -0.445 e. The van der Waals surface area contributed by atoms with Gasteiger partial charge in [-0.25, -0.2) is 14.4 Å². The van der Waals surface area contributed by atoms with Crippen molar-refractivity contribution in [3.63, 3.8) is 0 Å². The Labute approximate surface area is 340 Å². The van der Waals surface area contributed by atoms with Gasteiger partial charge in [0, 0.05) is 56.9 Å². The summed E-state index contributed by atoms with van der Waals surface area (Å²) in [5.41, 5.74) is 5.56. The number of pyridine rings is 2. The molecule has 0 unspecified atom stereocenters. The average Bonchev–Trinajstić information content (AvgIpc) is 3.78. The van der Waals surface area contributed by atoms with E-state index in [4.69, 9.17) is 26.1 Å². The smallest absolute Gasteiger partial charge is 0.435 e. The molecule has 0 fully saturated rings. The summed E-state index contributed by atoms with van der Waals surface area (Å²) in [4.78, 5) is 9.23. The third-order valence-corrected chi connectivity index (χ3v) is 9.78. The number of methoxy groups -OCH3 is 2. The van der Waals surface area contributed by atoms with Crippen LogP contribution >= 0.6 is 43.5 Å². The van der Waals surface area contributed by atoms with E-state index in [0.717, 1.165) is 42.1 Å². The molecule has 6 heterocycles. The van der Waals surface area contributed by atoms with Gasteiger partial charge in [-0.05, 0) is 56.1 Å². The van der Waals surface area contributed by atoms with Crippen LogP contribution in [0.2, 0.25) is 5.02 Å². The van der Waals surface area contributed by atoms with Gasteiger partial charge in [0.25, 0.3) is 0 Å². The number of nitrogens with zero attached hydrogens (tertiary/aromatic N) is 8. The van der Waals surface area contributed by atoms with Gasteiger partial charge in [0.1, 0.15) is 17.5 Å². The number of ether oxygens (including phenoxy) is 2. The molecule has 0 bridgehead atoms. The van der Waals surface area contributed by atoms with Gasteiger partial charge in [0.2, 0.25) is 12.4 Å². The van der Waals surface area contributed by atoms with Gasteiger partial charge in [-0.3, -0.25) is 10.4 Å². The molecule has 0 amide bonds. The fourth-order valence-electron chi connectivity index (χ4n) is 5.73. The van der Waals surface area contributed by atoms with E-state index in [9.17, 15) is 14.8 Å². The first-order chi connectivity index (χ1) is 27.1. The maximum absolute atomic E-state index is 14.3. The Balaban J connectivity index is 0.000000172. The number of hydrogen-bond acceptors (Lipinski definition) is 10. The Morgan fingerprint density at radius 2 is 1.32 bits per heavy atom. The molecule has 0 radical (unpaired) electrons. The second-order valence-corrected chi connectivity index (χ2v) is 14.2. The first-order valence-corrected chi connectivity index (χ1v) is 18.7. The van der Waals surface area contributed by atoms with Crippen LogP contribution in [0, 0.1) is 5.82 Å². The first kappa shape index (κ1) is 38.2. The molecule has 4 N–H and O–H groups in total. The van der Waals surface area contributed by atoms with Crippen molar-refractivity contribution in [2.75, 3.05) is 24.9 Å². The van der Waals surface area contributed by atoms with E-state index >= 15 is 0 Å².